The third kappa shape index (κ3) is 6.44. The molecule has 3 aromatic rings. The van der Waals surface area contributed by atoms with Crippen molar-refractivity contribution in [3.8, 4) is 17.2 Å². The highest BCUT2D eigenvalue weighted by Gasteiger charge is 2.22. The lowest BCUT2D eigenvalue weighted by Gasteiger charge is -2.12. The van der Waals surface area contributed by atoms with E-state index in [2.05, 4.69) is 29.2 Å². The first-order chi connectivity index (χ1) is 15.9. The van der Waals surface area contributed by atoms with Crippen molar-refractivity contribution in [1.29, 1.82) is 0 Å². The van der Waals surface area contributed by atoms with Gasteiger partial charge in [0, 0.05) is 5.56 Å². The van der Waals surface area contributed by atoms with Crippen LogP contribution in [0.3, 0.4) is 0 Å². The van der Waals surface area contributed by atoms with Gasteiger partial charge in [-0.2, -0.15) is 0 Å². The van der Waals surface area contributed by atoms with Crippen molar-refractivity contribution in [1.82, 2.24) is 4.98 Å². The number of oxime groups is 1. The van der Waals surface area contributed by atoms with Gasteiger partial charge < -0.3 is 19.1 Å². The number of carbonyl (C=O) groups is 1. The number of hydrogen-bond acceptors (Lipinski definition) is 6. The van der Waals surface area contributed by atoms with Gasteiger partial charge in [-0.1, -0.05) is 36.3 Å². The van der Waals surface area contributed by atoms with Gasteiger partial charge in [0.2, 0.25) is 5.89 Å². The Labute approximate surface area is 194 Å². The van der Waals surface area contributed by atoms with Gasteiger partial charge in [-0.15, -0.1) is 0 Å². The third-order valence-corrected chi connectivity index (χ3v) is 5.38. The number of carboxylic acid groups (broad SMARTS) is 1. The molecular formula is C26H30N2O5. The number of carboxylic acids is 1. The smallest absolute Gasteiger partial charge is 0.312 e. The van der Waals surface area contributed by atoms with E-state index in [9.17, 15) is 9.90 Å². The molecule has 0 fully saturated rings. The van der Waals surface area contributed by atoms with Crippen LogP contribution < -0.4 is 4.74 Å². The fourth-order valence-electron chi connectivity index (χ4n) is 3.32. The van der Waals surface area contributed by atoms with Crippen LogP contribution in [0, 0.1) is 12.8 Å². The van der Waals surface area contributed by atoms with Crippen LogP contribution >= 0.6 is 0 Å². The van der Waals surface area contributed by atoms with Gasteiger partial charge in [-0.3, -0.25) is 4.79 Å². The molecule has 174 valence electrons. The second kappa shape index (κ2) is 11.3. The van der Waals surface area contributed by atoms with Gasteiger partial charge >= 0.3 is 5.97 Å². The summed E-state index contributed by atoms with van der Waals surface area (Å²) in [5.74, 6) is 0.285. The first-order valence-corrected chi connectivity index (χ1v) is 11.1. The summed E-state index contributed by atoms with van der Waals surface area (Å²) in [7, 11) is 0. The molecule has 1 unspecified atom stereocenters. The van der Waals surface area contributed by atoms with Crippen molar-refractivity contribution in [2.24, 2.45) is 11.1 Å². The zero-order valence-electron chi connectivity index (χ0n) is 19.5. The second-order valence-corrected chi connectivity index (χ2v) is 7.75. The summed E-state index contributed by atoms with van der Waals surface area (Å²) in [6.07, 6.45) is 1.31. The molecule has 0 saturated carbocycles. The topological polar surface area (TPSA) is 94.2 Å². The minimum Gasteiger partial charge on any atom is -0.487 e. The van der Waals surface area contributed by atoms with E-state index < -0.39 is 11.9 Å². The van der Waals surface area contributed by atoms with Crippen molar-refractivity contribution < 1.29 is 23.9 Å². The number of oxazole rings is 1. The van der Waals surface area contributed by atoms with Crippen LogP contribution in [0.25, 0.3) is 11.5 Å². The first kappa shape index (κ1) is 24.0. The standard InChI is InChI=1S/C26H30N2O5/c1-5-19-7-11-21(12-8-19)25-27-24(18(4)33-25)16-31-22-13-9-20(10-14-22)15-23(26(29)30)17(3)28-32-6-2/h7-14,23H,5-6,15-16H2,1-4H3,(H,29,30)/b28-17-. The van der Waals surface area contributed by atoms with E-state index in [1.807, 2.05) is 43.3 Å². The Morgan fingerprint density at radius 2 is 1.76 bits per heavy atom. The number of benzene rings is 2. The molecule has 2 aromatic carbocycles. The molecule has 0 aliphatic carbocycles. The van der Waals surface area contributed by atoms with Gasteiger partial charge in [0.25, 0.3) is 0 Å². The summed E-state index contributed by atoms with van der Waals surface area (Å²) in [5, 5.41) is 13.4. The molecule has 0 aliphatic rings. The molecule has 3 rings (SSSR count). The monoisotopic (exact) mass is 450 g/mol. The molecule has 0 aliphatic heterocycles. The maximum absolute atomic E-state index is 11.6. The summed E-state index contributed by atoms with van der Waals surface area (Å²) in [6, 6.07) is 15.5. The lowest BCUT2D eigenvalue weighted by molar-refractivity contribution is -0.139. The van der Waals surface area contributed by atoms with Crippen LogP contribution in [0.5, 0.6) is 5.75 Å². The highest BCUT2D eigenvalue weighted by atomic mass is 16.6. The Balaban J connectivity index is 1.62. The Kier molecular flexibility index (Phi) is 8.24. The zero-order valence-corrected chi connectivity index (χ0v) is 19.5. The molecule has 0 bridgehead atoms. The van der Waals surface area contributed by atoms with E-state index in [0.29, 0.717) is 30.4 Å². The van der Waals surface area contributed by atoms with Crippen molar-refractivity contribution >= 4 is 11.7 Å². The summed E-state index contributed by atoms with van der Waals surface area (Å²) >= 11 is 0. The first-order valence-electron chi connectivity index (χ1n) is 11.1. The van der Waals surface area contributed by atoms with E-state index in [4.69, 9.17) is 14.0 Å². The lowest BCUT2D eigenvalue weighted by Crippen LogP contribution is -2.24. The number of aryl methyl sites for hydroxylation is 2. The molecule has 0 spiro atoms. The minimum atomic E-state index is -0.932. The molecule has 0 radical (unpaired) electrons. The summed E-state index contributed by atoms with van der Waals surface area (Å²) in [5.41, 5.74) is 4.24. The summed E-state index contributed by atoms with van der Waals surface area (Å²) in [6.45, 7) is 8.13. The molecule has 1 heterocycles. The molecular weight excluding hydrogens is 420 g/mol. The van der Waals surface area contributed by atoms with Crippen LogP contribution in [-0.4, -0.2) is 28.4 Å². The number of nitrogens with zero attached hydrogens (tertiary/aromatic N) is 2. The molecule has 0 saturated heterocycles. The largest absolute Gasteiger partial charge is 0.487 e. The molecule has 1 N–H and O–H groups in total. The minimum absolute atomic E-state index is 0.277. The van der Waals surface area contributed by atoms with Crippen LogP contribution in [0.4, 0.5) is 0 Å². The SMILES string of the molecule is CCO/N=C(/C)C(Cc1ccc(OCc2nc(-c3ccc(CC)cc3)oc2C)cc1)C(=O)O. The maximum atomic E-state index is 11.6. The lowest BCUT2D eigenvalue weighted by atomic mass is 9.95. The summed E-state index contributed by atoms with van der Waals surface area (Å²) < 4.78 is 11.7. The fourth-order valence-corrected chi connectivity index (χ4v) is 3.32. The van der Waals surface area contributed by atoms with Gasteiger partial charge in [-0.25, -0.2) is 4.98 Å². The van der Waals surface area contributed by atoms with Gasteiger partial charge in [-0.05, 0) is 69.0 Å². The third-order valence-electron chi connectivity index (χ3n) is 5.38. The van der Waals surface area contributed by atoms with Crippen molar-refractivity contribution in [2.45, 2.75) is 47.1 Å². The molecule has 7 nitrogen and oxygen atoms in total. The Morgan fingerprint density at radius 1 is 1.09 bits per heavy atom. The number of hydrogen-bond donors (Lipinski definition) is 1. The van der Waals surface area contributed by atoms with Crippen LogP contribution in [0.15, 0.2) is 58.1 Å². The quantitative estimate of drug-likeness (QED) is 0.308. The van der Waals surface area contributed by atoms with E-state index in [0.717, 1.165) is 29.0 Å². The van der Waals surface area contributed by atoms with Crippen molar-refractivity contribution in [3.63, 3.8) is 0 Å². The van der Waals surface area contributed by atoms with Gasteiger partial charge in [0.15, 0.2) is 0 Å². The predicted molar refractivity (Wildman–Crippen MR) is 126 cm³/mol. The van der Waals surface area contributed by atoms with Crippen molar-refractivity contribution in [3.05, 3.63) is 71.1 Å². The predicted octanol–water partition coefficient (Wildman–Crippen LogP) is 5.45. The average Bonchev–Trinajstić information content (AvgIpc) is 3.20. The maximum Gasteiger partial charge on any atom is 0.312 e. The van der Waals surface area contributed by atoms with Crippen LogP contribution in [0.1, 0.15) is 43.4 Å². The van der Waals surface area contributed by atoms with Gasteiger partial charge in [0.1, 0.15) is 36.3 Å². The molecule has 1 atom stereocenters. The number of rotatable bonds is 11. The number of aliphatic carboxylic acids is 1. The van der Waals surface area contributed by atoms with Gasteiger partial charge in [0.05, 0.1) is 5.71 Å². The number of ether oxygens (including phenoxy) is 1. The summed E-state index contributed by atoms with van der Waals surface area (Å²) in [4.78, 5) is 21.2. The molecule has 0 amide bonds. The zero-order chi connectivity index (χ0) is 23.8. The molecule has 7 heteroatoms. The highest BCUT2D eigenvalue weighted by Crippen LogP contribution is 2.24. The van der Waals surface area contributed by atoms with Crippen LogP contribution in [0.2, 0.25) is 0 Å². The average molecular weight is 451 g/mol. The van der Waals surface area contributed by atoms with E-state index in [1.165, 1.54) is 5.56 Å². The fraction of sp³-hybridized carbons (Fsp3) is 0.346. The highest BCUT2D eigenvalue weighted by molar-refractivity contribution is 6.00. The van der Waals surface area contributed by atoms with E-state index in [-0.39, 0.29) is 6.61 Å². The Bertz CT molecular complexity index is 1080. The Morgan fingerprint density at radius 3 is 2.36 bits per heavy atom. The molecule has 1 aromatic heterocycles. The number of aromatic nitrogens is 1. The second-order valence-electron chi connectivity index (χ2n) is 7.75. The van der Waals surface area contributed by atoms with Crippen molar-refractivity contribution in [2.75, 3.05) is 6.61 Å². The van der Waals surface area contributed by atoms with Crippen LogP contribution in [-0.2, 0) is 29.1 Å². The van der Waals surface area contributed by atoms with E-state index >= 15 is 0 Å². The van der Waals surface area contributed by atoms with E-state index in [1.54, 1.807) is 13.8 Å². The normalized spacial score (nSPS) is 12.4. The Hall–Kier alpha value is -3.61. The molecule has 33 heavy (non-hydrogen) atoms.